The fourth-order valence-electron chi connectivity index (χ4n) is 1.39. The summed E-state index contributed by atoms with van der Waals surface area (Å²) in [6.45, 7) is 3.86. The quantitative estimate of drug-likeness (QED) is 0.840. The highest BCUT2D eigenvalue weighted by molar-refractivity contribution is 5.95. The SMILES string of the molecule is CC(C)N(CCC#N)C(=O)c1cc(C(=O)O)on1. The van der Waals surface area contributed by atoms with Crippen LogP contribution in [0.25, 0.3) is 0 Å². The monoisotopic (exact) mass is 251 g/mol. The maximum absolute atomic E-state index is 12.0. The summed E-state index contributed by atoms with van der Waals surface area (Å²) in [5, 5.41) is 20.6. The van der Waals surface area contributed by atoms with Gasteiger partial charge in [-0.05, 0) is 13.8 Å². The molecule has 7 heteroatoms. The fraction of sp³-hybridized carbons (Fsp3) is 0.455. The first kappa shape index (κ1) is 13.7. The number of nitrogens with zero attached hydrogens (tertiary/aromatic N) is 3. The van der Waals surface area contributed by atoms with E-state index in [0.717, 1.165) is 6.07 Å². The Bertz CT molecular complexity index is 487. The summed E-state index contributed by atoms with van der Waals surface area (Å²) < 4.78 is 4.52. The van der Waals surface area contributed by atoms with Crippen molar-refractivity contribution in [2.75, 3.05) is 6.54 Å². The normalized spacial score (nSPS) is 10.1. The molecule has 1 aromatic rings. The van der Waals surface area contributed by atoms with E-state index in [9.17, 15) is 9.59 Å². The summed E-state index contributed by atoms with van der Waals surface area (Å²) in [5.41, 5.74) is -0.0703. The Morgan fingerprint density at radius 3 is 2.72 bits per heavy atom. The van der Waals surface area contributed by atoms with Crippen LogP contribution >= 0.6 is 0 Å². The van der Waals surface area contributed by atoms with Gasteiger partial charge in [0, 0.05) is 18.7 Å². The Kier molecular flexibility index (Phi) is 4.43. The first-order valence-electron chi connectivity index (χ1n) is 5.35. The molecule has 1 amide bonds. The van der Waals surface area contributed by atoms with Gasteiger partial charge in [0.05, 0.1) is 12.5 Å². The molecule has 1 heterocycles. The van der Waals surface area contributed by atoms with Crippen LogP contribution in [0.5, 0.6) is 0 Å². The third-order valence-corrected chi connectivity index (χ3v) is 2.29. The van der Waals surface area contributed by atoms with Crippen LogP contribution in [0.15, 0.2) is 10.6 Å². The van der Waals surface area contributed by atoms with Crippen molar-refractivity contribution in [1.82, 2.24) is 10.1 Å². The summed E-state index contributed by atoms with van der Waals surface area (Å²) in [6.07, 6.45) is 0.202. The summed E-state index contributed by atoms with van der Waals surface area (Å²) in [5.74, 6) is -2.12. The number of nitriles is 1. The van der Waals surface area contributed by atoms with Crippen LogP contribution in [0.4, 0.5) is 0 Å². The predicted molar refractivity (Wildman–Crippen MR) is 59.9 cm³/mol. The van der Waals surface area contributed by atoms with Crippen molar-refractivity contribution >= 4 is 11.9 Å². The molecule has 1 aromatic heterocycles. The van der Waals surface area contributed by atoms with Gasteiger partial charge < -0.3 is 14.5 Å². The molecule has 1 N–H and O–H groups in total. The van der Waals surface area contributed by atoms with Gasteiger partial charge in [0.25, 0.3) is 5.91 Å². The van der Waals surface area contributed by atoms with Crippen LogP contribution in [-0.4, -0.2) is 39.6 Å². The molecule has 0 fully saturated rings. The Morgan fingerprint density at radius 2 is 2.28 bits per heavy atom. The van der Waals surface area contributed by atoms with Crippen LogP contribution in [0.3, 0.4) is 0 Å². The number of carbonyl (C=O) groups is 2. The van der Waals surface area contributed by atoms with E-state index in [4.69, 9.17) is 10.4 Å². The summed E-state index contributed by atoms with van der Waals surface area (Å²) in [6, 6.07) is 2.91. The van der Waals surface area contributed by atoms with Gasteiger partial charge in [-0.15, -0.1) is 0 Å². The third-order valence-electron chi connectivity index (χ3n) is 2.29. The van der Waals surface area contributed by atoms with Crippen molar-refractivity contribution in [3.05, 3.63) is 17.5 Å². The Morgan fingerprint density at radius 1 is 1.61 bits per heavy atom. The summed E-state index contributed by atoms with van der Waals surface area (Å²) >= 11 is 0. The molecular weight excluding hydrogens is 238 g/mol. The molecule has 18 heavy (non-hydrogen) atoms. The molecule has 0 radical (unpaired) electrons. The van der Waals surface area contributed by atoms with Gasteiger partial charge in [-0.1, -0.05) is 5.16 Å². The summed E-state index contributed by atoms with van der Waals surface area (Å²) in [7, 11) is 0. The van der Waals surface area contributed by atoms with Crippen LogP contribution in [-0.2, 0) is 0 Å². The molecule has 0 aliphatic heterocycles. The van der Waals surface area contributed by atoms with Gasteiger partial charge >= 0.3 is 5.97 Å². The van der Waals surface area contributed by atoms with Gasteiger partial charge in [0.15, 0.2) is 5.69 Å². The van der Waals surface area contributed by atoms with E-state index < -0.39 is 11.9 Å². The average molecular weight is 251 g/mol. The topological polar surface area (TPSA) is 107 Å². The maximum atomic E-state index is 12.0. The second-order valence-electron chi connectivity index (χ2n) is 3.88. The maximum Gasteiger partial charge on any atom is 0.374 e. The van der Waals surface area contributed by atoms with Crippen LogP contribution in [0.1, 0.15) is 41.3 Å². The molecule has 0 spiro atoms. The fourth-order valence-corrected chi connectivity index (χ4v) is 1.39. The van der Waals surface area contributed by atoms with Gasteiger partial charge in [0.1, 0.15) is 0 Å². The molecule has 0 unspecified atom stereocenters. The van der Waals surface area contributed by atoms with Gasteiger partial charge in [0.2, 0.25) is 5.76 Å². The highest BCUT2D eigenvalue weighted by Gasteiger charge is 2.23. The lowest BCUT2D eigenvalue weighted by molar-refractivity contribution is 0.0645. The van der Waals surface area contributed by atoms with Crippen LogP contribution in [0.2, 0.25) is 0 Å². The zero-order valence-corrected chi connectivity index (χ0v) is 10.1. The van der Waals surface area contributed by atoms with Crippen LogP contribution in [0, 0.1) is 11.3 Å². The second-order valence-corrected chi connectivity index (χ2v) is 3.88. The molecule has 0 saturated heterocycles. The Labute approximate surface area is 104 Å². The van der Waals surface area contributed by atoms with Gasteiger partial charge in [-0.2, -0.15) is 5.26 Å². The minimum atomic E-state index is -1.28. The highest BCUT2D eigenvalue weighted by Crippen LogP contribution is 2.10. The smallest absolute Gasteiger partial charge is 0.374 e. The molecule has 7 nitrogen and oxygen atoms in total. The van der Waals surface area contributed by atoms with Gasteiger partial charge in [-0.25, -0.2) is 4.79 Å². The number of carboxylic acids is 1. The number of carboxylic acid groups (broad SMARTS) is 1. The molecule has 0 atom stereocenters. The van der Waals surface area contributed by atoms with Crippen molar-refractivity contribution in [2.45, 2.75) is 26.3 Å². The van der Waals surface area contributed by atoms with E-state index in [1.54, 1.807) is 13.8 Å². The number of hydrogen-bond donors (Lipinski definition) is 1. The first-order valence-corrected chi connectivity index (χ1v) is 5.35. The Hall–Kier alpha value is -2.36. The molecule has 96 valence electrons. The summed E-state index contributed by atoms with van der Waals surface area (Å²) in [4.78, 5) is 24.1. The van der Waals surface area contributed by atoms with E-state index in [1.165, 1.54) is 4.90 Å². The highest BCUT2D eigenvalue weighted by atomic mass is 16.5. The lowest BCUT2D eigenvalue weighted by Gasteiger charge is -2.24. The lowest BCUT2D eigenvalue weighted by Crippen LogP contribution is -2.37. The molecule has 0 aromatic carbocycles. The number of hydrogen-bond acceptors (Lipinski definition) is 5. The average Bonchev–Trinajstić information content (AvgIpc) is 2.78. The molecule has 0 aliphatic carbocycles. The van der Waals surface area contributed by atoms with Crippen molar-refractivity contribution in [1.29, 1.82) is 5.26 Å². The van der Waals surface area contributed by atoms with Crippen molar-refractivity contribution in [3.8, 4) is 6.07 Å². The molecule has 0 aliphatic rings. The number of rotatable bonds is 5. The number of aromatic carboxylic acids is 1. The lowest BCUT2D eigenvalue weighted by atomic mass is 10.2. The number of amides is 1. The first-order chi connectivity index (χ1) is 8.47. The molecule has 0 bridgehead atoms. The number of aromatic nitrogens is 1. The van der Waals surface area contributed by atoms with E-state index in [2.05, 4.69) is 9.68 Å². The minimum absolute atomic E-state index is 0.0703. The van der Waals surface area contributed by atoms with E-state index in [-0.39, 0.29) is 30.5 Å². The predicted octanol–water partition coefficient (Wildman–Crippen LogP) is 1.14. The van der Waals surface area contributed by atoms with Crippen molar-refractivity contribution < 1.29 is 19.2 Å². The molecule has 0 saturated carbocycles. The van der Waals surface area contributed by atoms with Crippen molar-refractivity contribution in [2.24, 2.45) is 0 Å². The number of carbonyl (C=O) groups excluding carboxylic acids is 1. The zero-order valence-electron chi connectivity index (χ0n) is 10.1. The van der Waals surface area contributed by atoms with Crippen molar-refractivity contribution in [3.63, 3.8) is 0 Å². The van der Waals surface area contributed by atoms with E-state index in [0.29, 0.717) is 0 Å². The standard InChI is InChI=1S/C11H13N3O4/c1-7(2)14(5-3-4-12)10(15)8-6-9(11(16)17)18-13-8/h6-7H,3,5H2,1-2H3,(H,16,17). The second kappa shape index (κ2) is 5.82. The minimum Gasteiger partial charge on any atom is -0.475 e. The van der Waals surface area contributed by atoms with E-state index >= 15 is 0 Å². The largest absolute Gasteiger partial charge is 0.475 e. The molecule has 1 rings (SSSR count). The third kappa shape index (κ3) is 3.07. The van der Waals surface area contributed by atoms with Gasteiger partial charge in [-0.3, -0.25) is 4.79 Å². The molecular formula is C11H13N3O4. The van der Waals surface area contributed by atoms with Crippen LogP contribution < -0.4 is 0 Å². The van der Waals surface area contributed by atoms with E-state index in [1.807, 2.05) is 6.07 Å². The Balaban J connectivity index is 2.88. The zero-order chi connectivity index (χ0) is 13.7.